The number of carbonyl (C=O) groups excluding carboxylic acids is 1. The molecule has 0 aliphatic carbocycles. The Balaban J connectivity index is 2.83. The topological polar surface area (TPSA) is 143 Å². The van der Waals surface area contributed by atoms with Crippen molar-refractivity contribution in [1.29, 1.82) is 0 Å². The minimum Gasteiger partial charge on any atom is -0.504 e. The molecule has 2 atom stereocenters. The lowest BCUT2D eigenvalue weighted by Gasteiger charge is -2.16. The molecule has 0 spiro atoms. The van der Waals surface area contributed by atoms with Crippen molar-refractivity contribution < 1.29 is 20.1 Å². The van der Waals surface area contributed by atoms with Crippen LogP contribution in [0.3, 0.4) is 0 Å². The van der Waals surface area contributed by atoms with E-state index in [9.17, 15) is 20.1 Å². The highest BCUT2D eigenvalue weighted by molar-refractivity contribution is 5.74. The number of aromatic nitrogens is 1. The van der Waals surface area contributed by atoms with Gasteiger partial charge in [0.2, 0.25) is 5.91 Å². The molecule has 1 rings (SSSR count). The number of carbonyl (C=O) groups is 1. The van der Waals surface area contributed by atoms with Gasteiger partial charge in [-0.25, -0.2) is 4.98 Å². The molecule has 16 heavy (non-hydrogen) atoms. The monoisotopic (exact) mass is 227 g/mol. The lowest BCUT2D eigenvalue weighted by molar-refractivity contribution is -0.121. The number of nitrogens with two attached hydrogens (primary N) is 2. The van der Waals surface area contributed by atoms with Crippen molar-refractivity contribution in [3.8, 4) is 5.75 Å². The van der Waals surface area contributed by atoms with Crippen molar-refractivity contribution in [2.45, 2.75) is 18.6 Å². The van der Waals surface area contributed by atoms with E-state index in [1.807, 2.05) is 0 Å². The molecule has 0 aliphatic rings. The number of hydrogen-bond donors (Lipinski definition) is 5. The van der Waals surface area contributed by atoms with E-state index in [1.54, 1.807) is 0 Å². The predicted molar refractivity (Wildman–Crippen MR) is 55.1 cm³/mol. The number of primary amides is 1. The van der Waals surface area contributed by atoms with Crippen LogP contribution in [0.4, 0.5) is 5.82 Å². The Morgan fingerprint density at radius 1 is 1.50 bits per heavy atom. The smallest absolute Gasteiger partial charge is 0.220 e. The fourth-order valence-electron chi connectivity index (χ4n) is 1.18. The average molecular weight is 227 g/mol. The van der Waals surface area contributed by atoms with Crippen LogP contribution in [0.25, 0.3) is 0 Å². The van der Waals surface area contributed by atoms with E-state index in [0.29, 0.717) is 0 Å². The summed E-state index contributed by atoms with van der Waals surface area (Å²) in [6.07, 6.45) is -1.88. The van der Waals surface area contributed by atoms with Crippen LogP contribution in [-0.2, 0) is 4.79 Å². The summed E-state index contributed by atoms with van der Waals surface area (Å²) in [6, 6.07) is 1.16. The third-order valence-electron chi connectivity index (χ3n) is 2.03. The SMILES string of the molecule is NC(=O)CC(O)C(O)c1cnc(N)c(O)c1. The van der Waals surface area contributed by atoms with Crippen molar-refractivity contribution in [2.75, 3.05) is 5.73 Å². The highest BCUT2D eigenvalue weighted by Gasteiger charge is 2.21. The van der Waals surface area contributed by atoms with Gasteiger partial charge in [-0.05, 0) is 6.07 Å². The summed E-state index contributed by atoms with van der Waals surface area (Å²) in [7, 11) is 0. The van der Waals surface area contributed by atoms with E-state index in [2.05, 4.69) is 4.98 Å². The van der Waals surface area contributed by atoms with Gasteiger partial charge < -0.3 is 26.8 Å². The molecule has 7 nitrogen and oxygen atoms in total. The van der Waals surface area contributed by atoms with Gasteiger partial charge >= 0.3 is 0 Å². The van der Waals surface area contributed by atoms with Crippen LogP contribution in [0, 0.1) is 0 Å². The second-order valence-electron chi connectivity index (χ2n) is 3.36. The van der Waals surface area contributed by atoms with E-state index in [-0.39, 0.29) is 23.6 Å². The summed E-state index contributed by atoms with van der Waals surface area (Å²) in [4.78, 5) is 14.1. The molecular weight excluding hydrogens is 214 g/mol. The van der Waals surface area contributed by atoms with Gasteiger partial charge in [0.05, 0.1) is 12.5 Å². The Labute approximate surface area is 91.3 Å². The maximum atomic E-state index is 10.5. The number of aliphatic hydroxyl groups excluding tert-OH is 2. The van der Waals surface area contributed by atoms with Crippen LogP contribution in [-0.4, -0.2) is 32.3 Å². The van der Waals surface area contributed by atoms with E-state index in [1.165, 1.54) is 6.20 Å². The van der Waals surface area contributed by atoms with E-state index in [4.69, 9.17) is 11.5 Å². The zero-order valence-electron chi connectivity index (χ0n) is 8.37. The van der Waals surface area contributed by atoms with Crippen LogP contribution in [0.5, 0.6) is 5.75 Å². The quantitative estimate of drug-likeness (QED) is 0.430. The Morgan fingerprint density at radius 3 is 2.62 bits per heavy atom. The number of hydrogen-bond acceptors (Lipinski definition) is 6. The molecule has 7 heteroatoms. The van der Waals surface area contributed by atoms with Crippen molar-refractivity contribution in [3.63, 3.8) is 0 Å². The van der Waals surface area contributed by atoms with E-state index in [0.717, 1.165) is 6.07 Å². The lowest BCUT2D eigenvalue weighted by Crippen LogP contribution is -2.25. The number of nitrogens with zero attached hydrogens (tertiary/aromatic N) is 1. The largest absolute Gasteiger partial charge is 0.504 e. The van der Waals surface area contributed by atoms with Gasteiger partial charge in [0.1, 0.15) is 6.10 Å². The lowest BCUT2D eigenvalue weighted by atomic mass is 10.0. The van der Waals surface area contributed by atoms with Gasteiger partial charge in [-0.3, -0.25) is 4.79 Å². The average Bonchev–Trinajstić information content (AvgIpc) is 2.20. The highest BCUT2D eigenvalue weighted by Crippen LogP contribution is 2.24. The summed E-state index contributed by atoms with van der Waals surface area (Å²) in [6.45, 7) is 0. The Kier molecular flexibility index (Phi) is 3.64. The van der Waals surface area contributed by atoms with Crippen LogP contribution in [0.2, 0.25) is 0 Å². The predicted octanol–water partition coefficient (Wildman–Crippen LogP) is -1.36. The molecule has 7 N–H and O–H groups in total. The minimum absolute atomic E-state index is 0.0830. The summed E-state index contributed by atoms with van der Waals surface area (Å²) >= 11 is 0. The van der Waals surface area contributed by atoms with Crippen molar-refractivity contribution >= 4 is 11.7 Å². The number of aromatic hydroxyl groups is 1. The number of aliphatic hydroxyl groups is 2. The van der Waals surface area contributed by atoms with Crippen molar-refractivity contribution in [2.24, 2.45) is 5.73 Å². The summed E-state index contributed by atoms with van der Waals surface area (Å²) in [5.41, 5.74) is 10.3. The Hall–Kier alpha value is -1.86. The number of nitrogen functional groups attached to an aromatic ring is 1. The maximum absolute atomic E-state index is 10.5. The molecule has 1 aromatic heterocycles. The highest BCUT2D eigenvalue weighted by atomic mass is 16.3. The first-order valence-corrected chi connectivity index (χ1v) is 4.50. The minimum atomic E-state index is -1.36. The molecule has 1 aromatic rings. The molecular formula is C9H13N3O4. The molecule has 2 unspecified atom stereocenters. The maximum Gasteiger partial charge on any atom is 0.220 e. The normalized spacial score (nSPS) is 14.4. The van der Waals surface area contributed by atoms with Crippen LogP contribution < -0.4 is 11.5 Å². The van der Waals surface area contributed by atoms with Gasteiger partial charge in [-0.2, -0.15) is 0 Å². The fourth-order valence-corrected chi connectivity index (χ4v) is 1.18. The number of rotatable bonds is 4. The summed E-state index contributed by atoms with van der Waals surface area (Å²) < 4.78 is 0. The Morgan fingerprint density at radius 2 is 2.12 bits per heavy atom. The molecule has 0 aromatic carbocycles. The molecule has 0 fully saturated rings. The van der Waals surface area contributed by atoms with Crippen LogP contribution in [0.1, 0.15) is 18.1 Å². The first kappa shape index (κ1) is 12.2. The number of pyridine rings is 1. The first-order chi connectivity index (χ1) is 7.41. The van der Waals surface area contributed by atoms with Gasteiger partial charge in [0.25, 0.3) is 0 Å². The molecule has 88 valence electrons. The molecule has 0 bridgehead atoms. The standard InChI is InChI=1S/C9H13N3O4/c10-7(15)2-5(13)8(16)4-1-6(14)9(11)12-3-4/h1,3,5,8,13-14,16H,2H2,(H2,10,15)(H2,11,12). The molecule has 1 heterocycles. The van der Waals surface area contributed by atoms with Gasteiger partial charge in [-0.15, -0.1) is 0 Å². The van der Waals surface area contributed by atoms with Crippen molar-refractivity contribution in [3.05, 3.63) is 17.8 Å². The third kappa shape index (κ3) is 2.81. The van der Waals surface area contributed by atoms with Gasteiger partial charge in [0, 0.05) is 11.8 Å². The van der Waals surface area contributed by atoms with Gasteiger partial charge in [0.15, 0.2) is 11.6 Å². The van der Waals surface area contributed by atoms with Crippen LogP contribution in [0.15, 0.2) is 12.3 Å². The van der Waals surface area contributed by atoms with Gasteiger partial charge in [-0.1, -0.05) is 0 Å². The second kappa shape index (κ2) is 4.77. The fraction of sp³-hybridized carbons (Fsp3) is 0.333. The third-order valence-corrected chi connectivity index (χ3v) is 2.03. The zero-order valence-corrected chi connectivity index (χ0v) is 8.37. The van der Waals surface area contributed by atoms with Crippen molar-refractivity contribution in [1.82, 2.24) is 4.98 Å². The molecule has 0 saturated heterocycles. The second-order valence-corrected chi connectivity index (χ2v) is 3.36. The molecule has 1 amide bonds. The summed E-state index contributed by atoms with van der Waals surface area (Å²) in [5.74, 6) is -1.12. The first-order valence-electron chi connectivity index (χ1n) is 4.50. The molecule has 0 radical (unpaired) electrons. The van der Waals surface area contributed by atoms with E-state index >= 15 is 0 Å². The summed E-state index contributed by atoms with van der Waals surface area (Å²) in [5, 5.41) is 28.3. The van der Waals surface area contributed by atoms with E-state index < -0.39 is 18.1 Å². The number of amides is 1. The molecule has 0 aliphatic heterocycles. The Bertz CT molecular complexity index is 396. The van der Waals surface area contributed by atoms with Crippen LogP contribution >= 0.6 is 0 Å². The number of anilines is 1. The molecule has 0 saturated carbocycles. The zero-order chi connectivity index (χ0) is 12.3.